The van der Waals surface area contributed by atoms with E-state index in [9.17, 15) is 22.5 Å². The van der Waals surface area contributed by atoms with Crippen LogP contribution < -0.4 is 0 Å². The van der Waals surface area contributed by atoms with Gasteiger partial charge in [0.15, 0.2) is 6.61 Å². The Morgan fingerprint density at radius 1 is 1.50 bits per heavy atom. The van der Waals surface area contributed by atoms with Crippen LogP contribution in [0.4, 0.5) is 13.2 Å². The second-order valence-corrected chi connectivity index (χ2v) is 4.40. The highest BCUT2D eigenvalue weighted by Crippen LogP contribution is 2.47. The summed E-state index contributed by atoms with van der Waals surface area (Å²) in [6.45, 7) is -1.80. The molecular weight excluding hydrogens is 228 g/mol. The van der Waals surface area contributed by atoms with Crippen LogP contribution in [0.3, 0.4) is 0 Å². The van der Waals surface area contributed by atoms with Crippen LogP contribution in [0, 0.1) is 0 Å². The fourth-order valence-corrected chi connectivity index (χ4v) is 1.50. The average Bonchev–Trinajstić information content (AvgIpc) is 1.99. The first kappa shape index (κ1) is 13.4. The van der Waals surface area contributed by atoms with E-state index in [0.29, 0.717) is 0 Å². The number of aliphatic carboxylic acids is 1. The molecule has 0 rings (SSSR count). The molecule has 0 saturated carbocycles. The van der Waals surface area contributed by atoms with Crippen molar-refractivity contribution in [3.05, 3.63) is 0 Å². The van der Waals surface area contributed by atoms with Crippen molar-refractivity contribution in [2.45, 2.75) is 6.18 Å². The zero-order chi connectivity index (χ0) is 11.4. The van der Waals surface area contributed by atoms with Gasteiger partial charge in [0.25, 0.3) is 0 Å². The van der Waals surface area contributed by atoms with E-state index in [2.05, 4.69) is 9.05 Å². The van der Waals surface area contributed by atoms with Crippen LogP contribution in [-0.2, 0) is 18.4 Å². The molecule has 14 heavy (non-hydrogen) atoms. The minimum atomic E-state index is -4.67. The number of carbonyl (C=O) groups is 1. The lowest BCUT2D eigenvalue weighted by atomic mass is 10.7. The predicted molar refractivity (Wildman–Crippen MR) is 39.1 cm³/mol. The average molecular weight is 236 g/mol. The molecule has 0 aliphatic heterocycles. The molecular formula is C5H8F3O5P. The molecule has 0 aromatic carbocycles. The van der Waals surface area contributed by atoms with E-state index in [1.807, 2.05) is 0 Å². The predicted octanol–water partition coefficient (Wildman–Crippen LogP) is 1.49. The molecule has 0 radical (unpaired) electrons. The Hall–Kier alpha value is -0.590. The molecule has 0 aliphatic carbocycles. The Morgan fingerprint density at radius 3 is 2.29 bits per heavy atom. The number of halogens is 3. The van der Waals surface area contributed by atoms with Crippen molar-refractivity contribution in [1.29, 1.82) is 0 Å². The van der Waals surface area contributed by atoms with Crippen molar-refractivity contribution < 1.29 is 36.7 Å². The number of hydrogen-bond donors (Lipinski definition) is 1. The standard InChI is InChI=1S/C5H8F3O5P/c1-12-14(11,2-4(9)10)13-3-5(6,7)8/h2-3H2,1H3,(H,9,10)/t14-/m1/s1. The fourth-order valence-electron chi connectivity index (χ4n) is 0.500. The summed E-state index contributed by atoms with van der Waals surface area (Å²) < 4.78 is 53.9. The van der Waals surface area contributed by atoms with Crippen molar-refractivity contribution in [3.63, 3.8) is 0 Å². The number of hydrogen-bond acceptors (Lipinski definition) is 4. The molecule has 0 unspecified atom stereocenters. The van der Waals surface area contributed by atoms with E-state index < -0.39 is 32.5 Å². The lowest BCUT2D eigenvalue weighted by Gasteiger charge is -2.15. The lowest BCUT2D eigenvalue weighted by Crippen LogP contribution is -2.18. The first-order chi connectivity index (χ1) is 6.18. The van der Waals surface area contributed by atoms with Crippen molar-refractivity contribution in [2.75, 3.05) is 19.9 Å². The Kier molecular flexibility index (Phi) is 4.57. The van der Waals surface area contributed by atoms with Crippen LogP contribution in [0.15, 0.2) is 0 Å². The van der Waals surface area contributed by atoms with Crippen LogP contribution in [0.5, 0.6) is 0 Å². The van der Waals surface area contributed by atoms with E-state index in [0.717, 1.165) is 7.11 Å². The number of alkyl halides is 3. The third-order valence-electron chi connectivity index (χ3n) is 1.03. The summed E-state index contributed by atoms with van der Waals surface area (Å²) in [4.78, 5) is 10.1. The van der Waals surface area contributed by atoms with Gasteiger partial charge in [-0.25, -0.2) is 0 Å². The van der Waals surface area contributed by atoms with Gasteiger partial charge in [0.05, 0.1) is 0 Å². The van der Waals surface area contributed by atoms with Gasteiger partial charge in [0.2, 0.25) is 0 Å². The van der Waals surface area contributed by atoms with E-state index in [4.69, 9.17) is 5.11 Å². The molecule has 0 aromatic heterocycles. The molecule has 0 spiro atoms. The van der Waals surface area contributed by atoms with Gasteiger partial charge in [-0.15, -0.1) is 0 Å². The maximum atomic E-state index is 11.6. The maximum Gasteiger partial charge on any atom is 0.412 e. The highest BCUT2D eigenvalue weighted by atomic mass is 31.2. The molecule has 0 saturated heterocycles. The summed E-state index contributed by atoms with van der Waals surface area (Å²) in [6, 6.07) is 0. The third-order valence-corrected chi connectivity index (χ3v) is 2.77. The van der Waals surface area contributed by atoms with Gasteiger partial charge in [-0.05, 0) is 0 Å². The van der Waals surface area contributed by atoms with E-state index in [1.54, 1.807) is 0 Å². The first-order valence-corrected chi connectivity index (χ1v) is 4.99. The summed E-state index contributed by atoms with van der Waals surface area (Å²) in [5.41, 5.74) is 0. The quantitative estimate of drug-likeness (QED) is 0.732. The number of carboxylic acids is 1. The molecule has 0 bridgehead atoms. The van der Waals surface area contributed by atoms with E-state index in [-0.39, 0.29) is 0 Å². The zero-order valence-corrected chi connectivity index (χ0v) is 7.97. The monoisotopic (exact) mass is 236 g/mol. The van der Waals surface area contributed by atoms with Crippen molar-refractivity contribution in [2.24, 2.45) is 0 Å². The summed E-state index contributed by atoms with van der Waals surface area (Å²) >= 11 is 0. The van der Waals surface area contributed by atoms with Gasteiger partial charge < -0.3 is 9.63 Å². The van der Waals surface area contributed by atoms with Crippen LogP contribution in [0.25, 0.3) is 0 Å². The molecule has 5 nitrogen and oxygen atoms in total. The maximum absolute atomic E-state index is 11.6. The topological polar surface area (TPSA) is 72.8 Å². The molecule has 1 N–H and O–H groups in total. The second kappa shape index (κ2) is 4.77. The number of rotatable bonds is 5. The highest BCUT2D eigenvalue weighted by molar-refractivity contribution is 7.54. The van der Waals surface area contributed by atoms with Gasteiger partial charge in [0.1, 0.15) is 6.16 Å². The normalized spacial score (nSPS) is 16.3. The molecule has 0 heterocycles. The SMILES string of the molecule is CO[P@](=O)(CC(=O)O)OCC(F)(F)F. The summed E-state index contributed by atoms with van der Waals surface area (Å²) in [7, 11) is -3.35. The zero-order valence-electron chi connectivity index (χ0n) is 7.08. The van der Waals surface area contributed by atoms with Gasteiger partial charge in [0, 0.05) is 7.11 Å². The molecule has 9 heteroatoms. The Balaban J connectivity index is 4.27. The molecule has 0 aliphatic rings. The van der Waals surface area contributed by atoms with Crippen molar-refractivity contribution >= 4 is 13.6 Å². The molecule has 84 valence electrons. The first-order valence-electron chi connectivity index (χ1n) is 3.26. The van der Waals surface area contributed by atoms with Crippen LogP contribution in [0.1, 0.15) is 0 Å². The highest BCUT2D eigenvalue weighted by Gasteiger charge is 2.35. The Morgan fingerprint density at radius 2 is 2.00 bits per heavy atom. The van der Waals surface area contributed by atoms with E-state index in [1.165, 1.54) is 0 Å². The smallest absolute Gasteiger partial charge is 0.412 e. The van der Waals surface area contributed by atoms with E-state index >= 15 is 0 Å². The summed E-state index contributed by atoms with van der Waals surface area (Å²) in [6.07, 6.45) is -5.77. The van der Waals surface area contributed by atoms with Crippen molar-refractivity contribution in [3.8, 4) is 0 Å². The van der Waals surface area contributed by atoms with Gasteiger partial charge >= 0.3 is 19.7 Å². The van der Waals surface area contributed by atoms with Crippen LogP contribution >= 0.6 is 7.60 Å². The van der Waals surface area contributed by atoms with Gasteiger partial charge in [-0.3, -0.25) is 13.9 Å². The Bertz CT molecular complexity index is 250. The van der Waals surface area contributed by atoms with Crippen molar-refractivity contribution in [1.82, 2.24) is 0 Å². The van der Waals surface area contributed by atoms with Gasteiger partial charge in [-0.2, -0.15) is 13.2 Å². The minimum absolute atomic E-state index is 0.820. The summed E-state index contributed by atoms with van der Waals surface area (Å²) in [5.74, 6) is -1.56. The number of carboxylic acid groups (broad SMARTS) is 1. The van der Waals surface area contributed by atoms with Crippen LogP contribution in [0.2, 0.25) is 0 Å². The summed E-state index contributed by atoms with van der Waals surface area (Å²) in [5, 5.41) is 8.20. The molecule has 0 aromatic rings. The second-order valence-electron chi connectivity index (χ2n) is 2.23. The minimum Gasteiger partial charge on any atom is -0.481 e. The Labute approximate surface area is 77.3 Å². The molecule has 0 fully saturated rings. The molecule has 1 atom stereocenters. The largest absolute Gasteiger partial charge is 0.481 e. The lowest BCUT2D eigenvalue weighted by molar-refractivity contribution is -0.155. The van der Waals surface area contributed by atoms with Gasteiger partial charge in [-0.1, -0.05) is 0 Å². The fraction of sp³-hybridized carbons (Fsp3) is 0.800. The molecule has 0 amide bonds. The van der Waals surface area contributed by atoms with Crippen LogP contribution in [-0.4, -0.2) is 37.1 Å². The third kappa shape index (κ3) is 5.95.